The molecule has 112 valence electrons. The molecule has 0 unspecified atom stereocenters. The fourth-order valence-electron chi connectivity index (χ4n) is 1.98. The largest absolute Gasteiger partial charge is 0.465 e. The fraction of sp³-hybridized carbons (Fsp3) is 0.533. The van der Waals surface area contributed by atoms with Crippen LogP contribution in [0.4, 0.5) is 4.39 Å². The number of rotatable bonds is 7. The van der Waals surface area contributed by atoms with Gasteiger partial charge in [-0.1, -0.05) is 6.07 Å². The molecular formula is C15H23FN2O2. The number of halogens is 1. The van der Waals surface area contributed by atoms with Gasteiger partial charge in [-0.25, -0.2) is 9.18 Å². The molecule has 4 nitrogen and oxygen atoms in total. The van der Waals surface area contributed by atoms with Crippen molar-refractivity contribution in [1.29, 1.82) is 0 Å². The lowest BCUT2D eigenvalue weighted by atomic mass is 10.1. The van der Waals surface area contributed by atoms with Gasteiger partial charge in [-0.3, -0.25) is 0 Å². The molecule has 0 radical (unpaired) electrons. The molecule has 0 saturated carbocycles. The standard InChI is InChI=1S/C15H23FN2O2/c1-17(2)8-5-9-18(3)11-12-6-7-13(14(16)10-12)15(19)20-4/h6-7,10H,5,8-9,11H2,1-4H3. The molecule has 1 aromatic carbocycles. The molecule has 0 fully saturated rings. The number of hydrogen-bond acceptors (Lipinski definition) is 4. The van der Waals surface area contributed by atoms with E-state index in [2.05, 4.69) is 14.5 Å². The first kappa shape index (κ1) is 16.6. The smallest absolute Gasteiger partial charge is 0.340 e. The van der Waals surface area contributed by atoms with Crippen molar-refractivity contribution in [2.75, 3.05) is 41.3 Å². The Kier molecular flexibility index (Phi) is 6.61. The Morgan fingerprint density at radius 1 is 1.25 bits per heavy atom. The van der Waals surface area contributed by atoms with E-state index >= 15 is 0 Å². The van der Waals surface area contributed by atoms with Gasteiger partial charge in [-0.05, 0) is 58.3 Å². The molecule has 0 bridgehead atoms. The third kappa shape index (κ3) is 5.27. The monoisotopic (exact) mass is 282 g/mol. The Morgan fingerprint density at radius 2 is 1.95 bits per heavy atom. The lowest BCUT2D eigenvalue weighted by Crippen LogP contribution is -2.23. The van der Waals surface area contributed by atoms with Gasteiger partial charge in [-0.15, -0.1) is 0 Å². The minimum absolute atomic E-state index is 0.0217. The predicted molar refractivity (Wildman–Crippen MR) is 77.2 cm³/mol. The Labute approximate surface area is 120 Å². The molecule has 0 aliphatic rings. The number of carbonyl (C=O) groups is 1. The third-order valence-corrected chi connectivity index (χ3v) is 3.04. The van der Waals surface area contributed by atoms with Crippen molar-refractivity contribution < 1.29 is 13.9 Å². The quantitative estimate of drug-likeness (QED) is 0.716. The second-order valence-electron chi connectivity index (χ2n) is 5.20. The summed E-state index contributed by atoms with van der Waals surface area (Å²) in [5.74, 6) is -1.18. The summed E-state index contributed by atoms with van der Waals surface area (Å²) >= 11 is 0. The van der Waals surface area contributed by atoms with Crippen molar-refractivity contribution in [3.05, 3.63) is 35.1 Å². The number of esters is 1. The van der Waals surface area contributed by atoms with Gasteiger partial charge in [-0.2, -0.15) is 0 Å². The first-order valence-electron chi connectivity index (χ1n) is 6.64. The second kappa shape index (κ2) is 7.97. The highest BCUT2D eigenvalue weighted by Gasteiger charge is 2.12. The van der Waals surface area contributed by atoms with Gasteiger partial charge in [0.1, 0.15) is 5.82 Å². The molecular weight excluding hydrogens is 259 g/mol. The van der Waals surface area contributed by atoms with E-state index in [9.17, 15) is 9.18 Å². The fourth-order valence-corrected chi connectivity index (χ4v) is 1.98. The van der Waals surface area contributed by atoms with Crippen molar-refractivity contribution in [2.24, 2.45) is 0 Å². The van der Waals surface area contributed by atoms with E-state index in [1.54, 1.807) is 6.07 Å². The lowest BCUT2D eigenvalue weighted by Gasteiger charge is -2.18. The zero-order valence-electron chi connectivity index (χ0n) is 12.6. The first-order valence-corrected chi connectivity index (χ1v) is 6.64. The Morgan fingerprint density at radius 3 is 2.50 bits per heavy atom. The molecule has 0 N–H and O–H groups in total. The summed E-state index contributed by atoms with van der Waals surface area (Å²) in [5.41, 5.74) is 0.828. The first-order chi connectivity index (χ1) is 9.43. The third-order valence-electron chi connectivity index (χ3n) is 3.04. The molecule has 1 aromatic rings. The predicted octanol–water partition coefficient (Wildman–Crippen LogP) is 2.00. The normalized spacial score (nSPS) is 11.2. The maximum atomic E-state index is 13.8. The van der Waals surface area contributed by atoms with Gasteiger partial charge >= 0.3 is 5.97 Å². The highest BCUT2D eigenvalue weighted by Crippen LogP contribution is 2.13. The summed E-state index contributed by atoms with van der Waals surface area (Å²) < 4.78 is 18.3. The van der Waals surface area contributed by atoms with Crippen molar-refractivity contribution >= 4 is 5.97 Å². The van der Waals surface area contributed by atoms with Crippen molar-refractivity contribution in [2.45, 2.75) is 13.0 Å². The maximum absolute atomic E-state index is 13.8. The van der Waals surface area contributed by atoms with Crippen molar-refractivity contribution in [3.8, 4) is 0 Å². The molecule has 20 heavy (non-hydrogen) atoms. The number of hydrogen-bond donors (Lipinski definition) is 0. The summed E-state index contributed by atoms with van der Waals surface area (Å²) in [5, 5.41) is 0. The van der Waals surface area contributed by atoms with Gasteiger partial charge < -0.3 is 14.5 Å². The van der Waals surface area contributed by atoms with Crippen LogP contribution >= 0.6 is 0 Å². The van der Waals surface area contributed by atoms with Crippen LogP contribution in [0.1, 0.15) is 22.3 Å². The summed E-state index contributed by atoms with van der Waals surface area (Å²) in [6, 6.07) is 4.64. The summed E-state index contributed by atoms with van der Waals surface area (Å²) in [4.78, 5) is 15.6. The second-order valence-corrected chi connectivity index (χ2v) is 5.20. The van der Waals surface area contributed by atoms with Crippen LogP contribution in [-0.2, 0) is 11.3 Å². The Hall–Kier alpha value is -1.46. The summed E-state index contributed by atoms with van der Waals surface area (Å²) in [6.45, 7) is 2.63. The van der Waals surface area contributed by atoms with Gasteiger partial charge in [0.25, 0.3) is 0 Å². The van der Waals surface area contributed by atoms with Gasteiger partial charge in [0, 0.05) is 6.54 Å². The van der Waals surface area contributed by atoms with E-state index in [-0.39, 0.29) is 5.56 Å². The highest BCUT2D eigenvalue weighted by atomic mass is 19.1. The van der Waals surface area contributed by atoms with E-state index in [1.165, 1.54) is 19.2 Å². The zero-order chi connectivity index (χ0) is 15.1. The molecule has 0 atom stereocenters. The van der Waals surface area contributed by atoms with Crippen LogP contribution in [0.2, 0.25) is 0 Å². The topological polar surface area (TPSA) is 32.8 Å². The molecule has 0 saturated heterocycles. The van der Waals surface area contributed by atoms with Crippen LogP contribution in [0.5, 0.6) is 0 Å². The minimum Gasteiger partial charge on any atom is -0.465 e. The lowest BCUT2D eigenvalue weighted by molar-refractivity contribution is 0.0595. The minimum atomic E-state index is -0.645. The van der Waals surface area contributed by atoms with Gasteiger partial charge in [0.15, 0.2) is 0 Å². The van der Waals surface area contributed by atoms with Crippen LogP contribution in [0.25, 0.3) is 0 Å². The SMILES string of the molecule is COC(=O)c1ccc(CN(C)CCCN(C)C)cc1F. The summed E-state index contributed by atoms with van der Waals surface area (Å²) in [7, 11) is 7.33. The van der Waals surface area contributed by atoms with E-state index in [0.717, 1.165) is 25.1 Å². The number of benzene rings is 1. The van der Waals surface area contributed by atoms with Crippen LogP contribution in [0.15, 0.2) is 18.2 Å². The van der Waals surface area contributed by atoms with Crippen molar-refractivity contribution in [1.82, 2.24) is 9.80 Å². The molecule has 5 heteroatoms. The number of nitrogens with zero attached hydrogens (tertiary/aromatic N) is 2. The molecule has 0 aliphatic heterocycles. The van der Waals surface area contributed by atoms with Crippen LogP contribution < -0.4 is 0 Å². The van der Waals surface area contributed by atoms with Crippen molar-refractivity contribution in [3.63, 3.8) is 0 Å². The highest BCUT2D eigenvalue weighted by molar-refractivity contribution is 5.89. The molecule has 0 amide bonds. The maximum Gasteiger partial charge on any atom is 0.340 e. The van der Waals surface area contributed by atoms with Crippen LogP contribution in [0.3, 0.4) is 0 Å². The van der Waals surface area contributed by atoms with Crippen LogP contribution in [0, 0.1) is 5.82 Å². The zero-order valence-corrected chi connectivity index (χ0v) is 12.6. The Balaban J connectivity index is 2.56. The van der Waals surface area contributed by atoms with E-state index < -0.39 is 11.8 Å². The van der Waals surface area contributed by atoms with Gasteiger partial charge in [0.2, 0.25) is 0 Å². The molecule has 0 aliphatic carbocycles. The average molecular weight is 282 g/mol. The number of ether oxygens (including phenoxy) is 1. The number of carbonyl (C=O) groups excluding carboxylic acids is 1. The van der Waals surface area contributed by atoms with Gasteiger partial charge in [0.05, 0.1) is 12.7 Å². The summed E-state index contributed by atoms with van der Waals surface area (Å²) in [6.07, 6.45) is 1.06. The molecule has 0 heterocycles. The van der Waals surface area contributed by atoms with E-state index in [4.69, 9.17) is 0 Å². The van der Waals surface area contributed by atoms with E-state index in [0.29, 0.717) is 6.54 Å². The van der Waals surface area contributed by atoms with Crippen LogP contribution in [-0.4, -0.2) is 57.1 Å². The number of methoxy groups -OCH3 is 1. The average Bonchev–Trinajstić information content (AvgIpc) is 2.37. The Bertz CT molecular complexity index is 449. The molecule has 1 rings (SSSR count). The molecule has 0 spiro atoms. The molecule has 0 aromatic heterocycles. The van der Waals surface area contributed by atoms with E-state index in [1.807, 2.05) is 21.1 Å².